The normalized spacial score (nSPS) is 12.8. The van der Waals surface area contributed by atoms with Crippen molar-refractivity contribution in [1.29, 1.82) is 0 Å². The highest BCUT2D eigenvalue weighted by atomic mass is 16.3. The minimum atomic E-state index is -0.443. The third kappa shape index (κ3) is 6.19. The number of anilines is 3. The lowest BCUT2D eigenvalue weighted by Crippen LogP contribution is -2.26. The predicted octanol–water partition coefficient (Wildman–Crippen LogP) is 18.6. The quantitative estimate of drug-likeness (QED) is 0.126. The van der Waals surface area contributed by atoms with Crippen LogP contribution >= 0.6 is 0 Å². The lowest BCUT2D eigenvalue weighted by atomic mass is 9.70. The second kappa shape index (κ2) is 16.3. The first-order valence-electron chi connectivity index (χ1n) is 24.0. The standard InChI is InChI=1S/C63H39NO.C4H8/c1-2-14-47-41(13-1)27-28-44-39-43(33-38-48(44)47)40-29-34-45(35-30-40)64(46-36-31-42(32-37-46)49-19-11-20-53-52-17-6-10-26-60(52)65-62(49)53)59-25-12-24-58-61(59)54-18-5-9-23-57(54)63(58)55-21-7-3-15-50(55)51-16-4-8-22-56(51)63;1-3-4-2/h1-39H;3-4H,1-2H3/b;4-3-. The molecular weight excluding hydrogens is 835 g/mol. The van der Waals surface area contributed by atoms with Gasteiger partial charge in [-0.2, -0.15) is 0 Å². The zero-order chi connectivity index (χ0) is 46.1. The molecule has 14 rings (SSSR count). The van der Waals surface area contributed by atoms with E-state index in [0.29, 0.717) is 0 Å². The molecule has 1 aromatic heterocycles. The van der Waals surface area contributed by atoms with Crippen molar-refractivity contribution >= 4 is 60.5 Å². The van der Waals surface area contributed by atoms with Gasteiger partial charge in [0.1, 0.15) is 11.2 Å². The first-order valence-corrected chi connectivity index (χ1v) is 24.0. The molecule has 0 atom stereocenters. The lowest BCUT2D eigenvalue weighted by Gasteiger charge is -2.32. The highest BCUT2D eigenvalue weighted by molar-refractivity contribution is 6.10. The maximum Gasteiger partial charge on any atom is 0.143 e. The third-order valence-corrected chi connectivity index (χ3v) is 14.6. The van der Waals surface area contributed by atoms with Crippen molar-refractivity contribution in [3.05, 3.63) is 271 Å². The van der Waals surface area contributed by atoms with Crippen LogP contribution < -0.4 is 4.90 Å². The predicted molar refractivity (Wildman–Crippen MR) is 291 cm³/mol. The number of nitrogens with zero attached hydrogens (tertiary/aromatic N) is 1. The number of hydrogen-bond donors (Lipinski definition) is 0. The van der Waals surface area contributed by atoms with Crippen molar-refractivity contribution < 1.29 is 4.42 Å². The summed E-state index contributed by atoms with van der Waals surface area (Å²) in [5.74, 6) is 0. The number of hydrogen-bond acceptors (Lipinski definition) is 2. The van der Waals surface area contributed by atoms with Gasteiger partial charge in [0, 0.05) is 33.3 Å². The minimum Gasteiger partial charge on any atom is -0.455 e. The molecule has 69 heavy (non-hydrogen) atoms. The molecule has 2 aliphatic rings. The Hall–Kier alpha value is -8.72. The van der Waals surface area contributed by atoms with Gasteiger partial charge in [0.05, 0.1) is 11.1 Å². The fourth-order valence-electron chi connectivity index (χ4n) is 11.5. The SMILES string of the molecule is C/C=C\C.c1ccc2c(c1)-c1ccccc1C21c2ccccc2-c2c(N(c3ccc(-c4ccc5c(ccc6ccccc65)c4)cc3)c3ccc(-c4cccc5c4oc4ccccc45)cc3)cccc21. The molecule has 0 N–H and O–H groups in total. The Morgan fingerprint density at radius 3 is 1.58 bits per heavy atom. The van der Waals surface area contributed by atoms with Gasteiger partial charge >= 0.3 is 0 Å². The van der Waals surface area contributed by atoms with Crippen LogP contribution in [0.1, 0.15) is 36.1 Å². The highest BCUT2D eigenvalue weighted by Crippen LogP contribution is 2.64. The van der Waals surface area contributed by atoms with E-state index in [4.69, 9.17) is 4.42 Å². The van der Waals surface area contributed by atoms with Gasteiger partial charge in [0.2, 0.25) is 0 Å². The Kier molecular flexibility index (Phi) is 9.55. The van der Waals surface area contributed by atoms with Crippen molar-refractivity contribution in [1.82, 2.24) is 0 Å². The van der Waals surface area contributed by atoms with Crippen LogP contribution in [0.3, 0.4) is 0 Å². The van der Waals surface area contributed by atoms with E-state index in [-0.39, 0.29) is 0 Å². The second-order valence-corrected chi connectivity index (χ2v) is 18.2. The Bertz CT molecular complexity index is 3930. The fraction of sp³-hybridized carbons (Fsp3) is 0.0448. The van der Waals surface area contributed by atoms with Crippen molar-refractivity contribution in [2.75, 3.05) is 4.90 Å². The summed E-state index contributed by atoms with van der Waals surface area (Å²) in [6, 6.07) is 87.1. The smallest absolute Gasteiger partial charge is 0.143 e. The third-order valence-electron chi connectivity index (χ3n) is 14.6. The molecule has 0 saturated carbocycles. The monoisotopic (exact) mass is 881 g/mol. The van der Waals surface area contributed by atoms with Gasteiger partial charge in [-0.3, -0.25) is 0 Å². The number of rotatable bonds is 5. The summed E-state index contributed by atoms with van der Waals surface area (Å²) in [5.41, 5.74) is 19.7. The van der Waals surface area contributed by atoms with Crippen LogP contribution in [0.15, 0.2) is 253 Å². The Labute approximate surface area is 402 Å². The molecule has 12 aromatic rings. The lowest BCUT2D eigenvalue weighted by molar-refractivity contribution is 0.670. The number of fused-ring (bicyclic) bond motifs is 16. The van der Waals surface area contributed by atoms with E-state index in [2.05, 4.69) is 235 Å². The molecule has 11 aromatic carbocycles. The summed E-state index contributed by atoms with van der Waals surface area (Å²) in [4.78, 5) is 2.46. The van der Waals surface area contributed by atoms with Gasteiger partial charge in [-0.15, -0.1) is 0 Å². The Morgan fingerprint density at radius 2 is 0.870 bits per heavy atom. The van der Waals surface area contributed by atoms with Gasteiger partial charge in [-0.05, 0) is 133 Å². The number of furan rings is 1. The van der Waals surface area contributed by atoms with Crippen LogP contribution in [0, 0.1) is 0 Å². The van der Waals surface area contributed by atoms with Gasteiger partial charge < -0.3 is 9.32 Å². The fourth-order valence-corrected chi connectivity index (χ4v) is 11.5. The molecule has 0 amide bonds. The van der Waals surface area contributed by atoms with Gasteiger partial charge in [0.25, 0.3) is 0 Å². The first kappa shape index (κ1) is 40.5. The Balaban J connectivity index is 0.00000113. The maximum atomic E-state index is 6.51. The summed E-state index contributed by atoms with van der Waals surface area (Å²) in [5, 5.41) is 7.33. The van der Waals surface area contributed by atoms with Gasteiger partial charge in [0.15, 0.2) is 0 Å². The first-order chi connectivity index (χ1) is 34.1. The van der Waals surface area contributed by atoms with E-state index in [1.165, 1.54) is 77.2 Å². The molecule has 1 heterocycles. The maximum absolute atomic E-state index is 6.51. The van der Waals surface area contributed by atoms with Crippen molar-refractivity contribution in [2.45, 2.75) is 19.3 Å². The Morgan fingerprint density at radius 1 is 0.362 bits per heavy atom. The average Bonchev–Trinajstić information content (AvgIpc) is 4.06. The molecule has 2 aliphatic carbocycles. The van der Waals surface area contributed by atoms with Gasteiger partial charge in [-0.25, -0.2) is 0 Å². The molecule has 0 bridgehead atoms. The van der Waals surface area contributed by atoms with Crippen LogP contribution in [0.25, 0.3) is 88.0 Å². The van der Waals surface area contributed by atoms with Crippen LogP contribution in [0.5, 0.6) is 0 Å². The summed E-state index contributed by atoms with van der Waals surface area (Å²) in [7, 11) is 0. The number of benzene rings is 11. The molecule has 326 valence electrons. The summed E-state index contributed by atoms with van der Waals surface area (Å²) in [6.07, 6.45) is 4.00. The summed E-state index contributed by atoms with van der Waals surface area (Å²) < 4.78 is 6.51. The number of para-hydroxylation sites is 2. The molecule has 0 saturated heterocycles. The number of allylic oxidation sites excluding steroid dienone is 2. The van der Waals surface area contributed by atoms with E-state index in [9.17, 15) is 0 Å². The zero-order valence-corrected chi connectivity index (χ0v) is 38.5. The largest absolute Gasteiger partial charge is 0.455 e. The second-order valence-electron chi connectivity index (χ2n) is 18.2. The molecule has 0 fully saturated rings. The van der Waals surface area contributed by atoms with Crippen molar-refractivity contribution in [3.63, 3.8) is 0 Å². The van der Waals surface area contributed by atoms with E-state index >= 15 is 0 Å². The van der Waals surface area contributed by atoms with E-state index in [1.54, 1.807) is 0 Å². The topological polar surface area (TPSA) is 16.4 Å². The van der Waals surface area contributed by atoms with Crippen LogP contribution in [-0.2, 0) is 5.41 Å². The van der Waals surface area contributed by atoms with Crippen LogP contribution in [-0.4, -0.2) is 0 Å². The van der Waals surface area contributed by atoms with Crippen LogP contribution in [0.2, 0.25) is 0 Å². The van der Waals surface area contributed by atoms with E-state index < -0.39 is 5.41 Å². The molecule has 0 aliphatic heterocycles. The van der Waals surface area contributed by atoms with Crippen molar-refractivity contribution in [2.24, 2.45) is 0 Å². The van der Waals surface area contributed by atoms with Gasteiger partial charge in [-0.1, -0.05) is 206 Å². The molecule has 0 unspecified atom stereocenters. The van der Waals surface area contributed by atoms with E-state index in [0.717, 1.165) is 50.1 Å². The minimum absolute atomic E-state index is 0.443. The summed E-state index contributed by atoms with van der Waals surface area (Å²) in [6.45, 7) is 4.00. The zero-order valence-electron chi connectivity index (χ0n) is 38.5. The van der Waals surface area contributed by atoms with E-state index in [1.807, 2.05) is 32.1 Å². The average molecular weight is 882 g/mol. The molecule has 2 nitrogen and oxygen atoms in total. The molecular formula is C67H47NO. The van der Waals surface area contributed by atoms with Crippen LogP contribution in [0.4, 0.5) is 17.1 Å². The molecule has 2 heteroatoms. The van der Waals surface area contributed by atoms with Crippen molar-refractivity contribution in [3.8, 4) is 44.5 Å². The highest BCUT2D eigenvalue weighted by Gasteiger charge is 2.52. The molecule has 0 radical (unpaired) electrons. The molecule has 1 spiro atoms. The summed E-state index contributed by atoms with van der Waals surface area (Å²) >= 11 is 0.